The molecule has 0 aliphatic carbocycles. The molecule has 0 saturated heterocycles. The number of para-hydroxylation sites is 1. The van der Waals surface area contributed by atoms with Gasteiger partial charge in [0, 0.05) is 6.54 Å². The van der Waals surface area contributed by atoms with Crippen molar-refractivity contribution in [2.24, 2.45) is 5.92 Å². The van der Waals surface area contributed by atoms with E-state index in [1.807, 2.05) is 24.3 Å². The third kappa shape index (κ3) is 4.44. The van der Waals surface area contributed by atoms with Gasteiger partial charge in [0.25, 0.3) is 0 Å². The maximum absolute atomic E-state index is 6.09. The van der Waals surface area contributed by atoms with Gasteiger partial charge >= 0.3 is 0 Å². The van der Waals surface area contributed by atoms with E-state index in [1.165, 1.54) is 25.7 Å². The van der Waals surface area contributed by atoms with Crippen LogP contribution in [-0.2, 0) is 0 Å². The Balaban J connectivity index is 2.40. The minimum atomic E-state index is 0.760. The first-order valence-electron chi connectivity index (χ1n) is 6.26. The molecule has 0 aliphatic rings. The minimum Gasteiger partial charge on any atom is -0.384 e. The SMILES string of the molecule is CCCCC(CC)CNc1ccccc1Cl. The maximum atomic E-state index is 6.09. The fraction of sp³-hybridized carbons (Fsp3) is 0.571. The van der Waals surface area contributed by atoms with Gasteiger partial charge in [-0.15, -0.1) is 0 Å². The van der Waals surface area contributed by atoms with Crippen molar-refractivity contribution in [2.45, 2.75) is 39.5 Å². The van der Waals surface area contributed by atoms with Gasteiger partial charge in [0.15, 0.2) is 0 Å². The summed E-state index contributed by atoms with van der Waals surface area (Å²) < 4.78 is 0. The van der Waals surface area contributed by atoms with Crippen molar-refractivity contribution < 1.29 is 0 Å². The Labute approximate surface area is 104 Å². The lowest BCUT2D eigenvalue weighted by atomic mass is 9.99. The van der Waals surface area contributed by atoms with Crippen LogP contribution in [-0.4, -0.2) is 6.54 Å². The molecule has 0 spiro atoms. The zero-order chi connectivity index (χ0) is 11.8. The summed E-state index contributed by atoms with van der Waals surface area (Å²) >= 11 is 6.09. The number of hydrogen-bond acceptors (Lipinski definition) is 1. The molecular formula is C14H22ClN. The Hall–Kier alpha value is -0.690. The molecule has 0 aromatic heterocycles. The second-order valence-electron chi connectivity index (χ2n) is 4.28. The molecule has 1 rings (SSSR count). The van der Waals surface area contributed by atoms with Crippen LogP contribution in [0.3, 0.4) is 0 Å². The summed E-state index contributed by atoms with van der Waals surface area (Å²) in [6.07, 6.45) is 5.15. The molecule has 90 valence electrons. The van der Waals surface area contributed by atoms with E-state index in [2.05, 4.69) is 19.2 Å². The average molecular weight is 240 g/mol. The van der Waals surface area contributed by atoms with E-state index in [9.17, 15) is 0 Å². The van der Waals surface area contributed by atoms with E-state index in [0.717, 1.165) is 23.2 Å². The van der Waals surface area contributed by atoms with Crippen molar-refractivity contribution in [3.8, 4) is 0 Å². The first kappa shape index (κ1) is 13.4. The number of anilines is 1. The number of hydrogen-bond donors (Lipinski definition) is 1. The zero-order valence-corrected chi connectivity index (χ0v) is 11.1. The number of rotatable bonds is 7. The van der Waals surface area contributed by atoms with Gasteiger partial charge in [0.05, 0.1) is 10.7 Å². The molecular weight excluding hydrogens is 218 g/mol. The lowest BCUT2D eigenvalue weighted by Crippen LogP contribution is -2.13. The molecule has 1 nitrogen and oxygen atoms in total. The maximum Gasteiger partial charge on any atom is 0.0637 e. The number of halogens is 1. The van der Waals surface area contributed by atoms with Crippen LogP contribution in [0.5, 0.6) is 0 Å². The van der Waals surface area contributed by atoms with Crippen LogP contribution in [0.2, 0.25) is 5.02 Å². The highest BCUT2D eigenvalue weighted by Crippen LogP contribution is 2.22. The van der Waals surface area contributed by atoms with Crippen molar-refractivity contribution in [2.75, 3.05) is 11.9 Å². The van der Waals surface area contributed by atoms with Crippen LogP contribution < -0.4 is 5.32 Å². The van der Waals surface area contributed by atoms with Crippen LogP contribution in [0.25, 0.3) is 0 Å². The second-order valence-corrected chi connectivity index (χ2v) is 4.68. The fourth-order valence-corrected chi connectivity index (χ4v) is 2.00. The quantitative estimate of drug-likeness (QED) is 0.709. The van der Waals surface area contributed by atoms with Crippen molar-refractivity contribution in [1.29, 1.82) is 0 Å². The summed E-state index contributed by atoms with van der Waals surface area (Å²) in [7, 11) is 0. The van der Waals surface area contributed by atoms with E-state index in [4.69, 9.17) is 11.6 Å². The van der Waals surface area contributed by atoms with Gasteiger partial charge in [-0.05, 0) is 24.5 Å². The standard InChI is InChI=1S/C14H22ClN/c1-3-5-8-12(4-2)11-16-14-10-7-6-9-13(14)15/h6-7,9-10,12,16H,3-5,8,11H2,1-2H3. The number of nitrogens with one attached hydrogen (secondary N) is 1. The minimum absolute atomic E-state index is 0.760. The highest BCUT2D eigenvalue weighted by atomic mass is 35.5. The van der Waals surface area contributed by atoms with E-state index < -0.39 is 0 Å². The fourth-order valence-electron chi connectivity index (χ4n) is 1.80. The van der Waals surface area contributed by atoms with Gasteiger partial charge < -0.3 is 5.32 Å². The Morgan fingerprint density at radius 2 is 2.00 bits per heavy atom. The molecule has 0 fully saturated rings. The zero-order valence-electron chi connectivity index (χ0n) is 10.3. The summed E-state index contributed by atoms with van der Waals surface area (Å²) in [6, 6.07) is 7.94. The van der Waals surface area contributed by atoms with Gasteiger partial charge in [-0.3, -0.25) is 0 Å². The van der Waals surface area contributed by atoms with Crippen LogP contribution >= 0.6 is 11.6 Å². The highest BCUT2D eigenvalue weighted by molar-refractivity contribution is 6.33. The molecule has 0 heterocycles. The average Bonchev–Trinajstić information content (AvgIpc) is 2.31. The Morgan fingerprint density at radius 3 is 2.62 bits per heavy atom. The molecule has 1 N–H and O–H groups in total. The van der Waals surface area contributed by atoms with Crippen molar-refractivity contribution >= 4 is 17.3 Å². The van der Waals surface area contributed by atoms with Gasteiger partial charge in [0.1, 0.15) is 0 Å². The number of benzene rings is 1. The lowest BCUT2D eigenvalue weighted by molar-refractivity contribution is 0.473. The largest absolute Gasteiger partial charge is 0.384 e. The Morgan fingerprint density at radius 1 is 1.25 bits per heavy atom. The van der Waals surface area contributed by atoms with Crippen LogP contribution in [0.15, 0.2) is 24.3 Å². The van der Waals surface area contributed by atoms with Crippen LogP contribution in [0.1, 0.15) is 39.5 Å². The molecule has 16 heavy (non-hydrogen) atoms. The summed E-state index contributed by atoms with van der Waals surface area (Å²) in [5.74, 6) is 0.760. The summed E-state index contributed by atoms with van der Waals surface area (Å²) in [6.45, 7) is 5.53. The monoisotopic (exact) mass is 239 g/mol. The Bertz CT molecular complexity index is 299. The van der Waals surface area contributed by atoms with Gasteiger partial charge in [0.2, 0.25) is 0 Å². The predicted octanol–water partition coefficient (Wildman–Crippen LogP) is 4.97. The van der Waals surface area contributed by atoms with Crippen molar-refractivity contribution in [3.05, 3.63) is 29.3 Å². The molecule has 2 heteroatoms. The second kappa shape index (κ2) is 7.56. The number of unbranched alkanes of at least 4 members (excludes halogenated alkanes) is 1. The molecule has 1 aromatic carbocycles. The van der Waals surface area contributed by atoms with Gasteiger partial charge in [-0.2, -0.15) is 0 Å². The van der Waals surface area contributed by atoms with Gasteiger partial charge in [-0.25, -0.2) is 0 Å². The predicted molar refractivity (Wildman–Crippen MR) is 73.2 cm³/mol. The van der Waals surface area contributed by atoms with Crippen LogP contribution in [0.4, 0.5) is 5.69 Å². The summed E-state index contributed by atoms with van der Waals surface area (Å²) in [5, 5.41) is 4.25. The normalized spacial score (nSPS) is 12.4. The lowest BCUT2D eigenvalue weighted by Gasteiger charge is -2.16. The summed E-state index contributed by atoms with van der Waals surface area (Å²) in [5.41, 5.74) is 1.05. The van der Waals surface area contributed by atoms with Crippen LogP contribution in [0, 0.1) is 5.92 Å². The van der Waals surface area contributed by atoms with E-state index in [0.29, 0.717) is 0 Å². The molecule has 1 aromatic rings. The molecule has 0 aliphatic heterocycles. The molecule has 1 unspecified atom stereocenters. The van der Waals surface area contributed by atoms with Crippen molar-refractivity contribution in [1.82, 2.24) is 0 Å². The molecule has 0 amide bonds. The first-order chi connectivity index (χ1) is 7.77. The molecule has 0 bridgehead atoms. The van der Waals surface area contributed by atoms with E-state index in [1.54, 1.807) is 0 Å². The smallest absolute Gasteiger partial charge is 0.0637 e. The Kier molecular flexibility index (Phi) is 6.32. The van der Waals surface area contributed by atoms with Crippen molar-refractivity contribution in [3.63, 3.8) is 0 Å². The molecule has 0 radical (unpaired) electrons. The summed E-state index contributed by atoms with van der Waals surface area (Å²) in [4.78, 5) is 0. The topological polar surface area (TPSA) is 12.0 Å². The molecule has 0 saturated carbocycles. The first-order valence-corrected chi connectivity index (χ1v) is 6.64. The third-order valence-electron chi connectivity index (χ3n) is 3.00. The van der Waals surface area contributed by atoms with E-state index >= 15 is 0 Å². The highest BCUT2D eigenvalue weighted by Gasteiger charge is 2.06. The van der Waals surface area contributed by atoms with Gasteiger partial charge in [-0.1, -0.05) is 56.8 Å². The molecule has 1 atom stereocenters. The van der Waals surface area contributed by atoms with E-state index in [-0.39, 0.29) is 0 Å². The third-order valence-corrected chi connectivity index (χ3v) is 3.33.